The van der Waals surface area contributed by atoms with Crippen molar-refractivity contribution in [2.24, 2.45) is 0 Å². The number of hydrogen-bond donors (Lipinski definition) is 0. The van der Waals surface area contributed by atoms with Gasteiger partial charge in [0.15, 0.2) is 0 Å². The molecule has 0 N–H and O–H groups in total. The Hall–Kier alpha value is -1.11. The maximum atomic E-state index is 11.1. The summed E-state index contributed by atoms with van der Waals surface area (Å²) in [6.45, 7) is 14.1. The largest absolute Gasteiger partial charge is 0.540 e. The summed E-state index contributed by atoms with van der Waals surface area (Å²) in [5, 5.41) is 0. The van der Waals surface area contributed by atoms with Gasteiger partial charge in [-0.15, -0.1) is 4.89 Å². The Morgan fingerprint density at radius 3 is 2.11 bits per heavy atom. The molecule has 0 heterocycles. The first kappa shape index (κ1) is 16.9. The second kappa shape index (κ2) is 7.35. The molecule has 6 nitrogen and oxygen atoms in total. The second-order valence-corrected chi connectivity index (χ2v) is 5.07. The zero-order valence-electron chi connectivity index (χ0n) is 11.8. The van der Waals surface area contributed by atoms with Crippen LogP contribution < -0.4 is 0 Å². The number of rotatable bonds is 6. The van der Waals surface area contributed by atoms with Crippen LogP contribution in [0.3, 0.4) is 0 Å². The summed E-state index contributed by atoms with van der Waals surface area (Å²) in [6.07, 6.45) is -2.25. The average molecular weight is 262 g/mol. The highest BCUT2D eigenvalue weighted by Crippen LogP contribution is 2.14. The molecule has 106 valence electrons. The van der Waals surface area contributed by atoms with Gasteiger partial charge in [0.25, 0.3) is 6.29 Å². The van der Waals surface area contributed by atoms with Crippen LogP contribution in [-0.4, -0.2) is 24.2 Å². The summed E-state index contributed by atoms with van der Waals surface area (Å²) in [4.78, 5) is 30.3. The lowest BCUT2D eigenvalue weighted by molar-refractivity contribution is -0.458. The van der Waals surface area contributed by atoms with Gasteiger partial charge in [0.2, 0.25) is 0 Å². The second-order valence-electron chi connectivity index (χ2n) is 5.07. The first-order valence-electron chi connectivity index (χ1n) is 5.65. The molecule has 0 aliphatic heterocycles. The molecule has 0 amide bonds. The van der Waals surface area contributed by atoms with Crippen molar-refractivity contribution in [3.8, 4) is 0 Å². The molecule has 1 atom stereocenters. The van der Waals surface area contributed by atoms with Crippen LogP contribution in [0.15, 0.2) is 12.2 Å². The van der Waals surface area contributed by atoms with Crippen LogP contribution in [0, 0.1) is 0 Å². The maximum Gasteiger partial charge on any atom is 0.540 e. The van der Waals surface area contributed by atoms with E-state index in [1.54, 1.807) is 41.5 Å². The van der Waals surface area contributed by atoms with E-state index >= 15 is 0 Å². The third-order valence-corrected chi connectivity index (χ3v) is 1.32. The molecule has 0 aromatic rings. The fourth-order valence-electron chi connectivity index (χ4n) is 0.663. The standard InChI is InChI=1S/C12H22O6/c1-8(2)10(16-18-12(5,6)7)15-17-11(13)14-9(3)4/h9-10H,1H2,2-7H3. The van der Waals surface area contributed by atoms with Crippen molar-refractivity contribution in [2.75, 3.05) is 0 Å². The van der Waals surface area contributed by atoms with E-state index < -0.39 is 18.0 Å². The van der Waals surface area contributed by atoms with Crippen LogP contribution in [0.2, 0.25) is 0 Å². The molecule has 0 bridgehead atoms. The van der Waals surface area contributed by atoms with Crippen molar-refractivity contribution in [3.63, 3.8) is 0 Å². The number of ether oxygens (including phenoxy) is 1. The third kappa shape index (κ3) is 8.98. The molecule has 0 aromatic carbocycles. The molecule has 0 aliphatic carbocycles. The number of carbonyl (C=O) groups is 1. The van der Waals surface area contributed by atoms with Crippen LogP contribution >= 0.6 is 0 Å². The van der Waals surface area contributed by atoms with Crippen molar-refractivity contribution in [1.29, 1.82) is 0 Å². The fraction of sp³-hybridized carbons (Fsp3) is 0.750. The fourth-order valence-corrected chi connectivity index (χ4v) is 0.663. The van der Waals surface area contributed by atoms with Gasteiger partial charge in [0.05, 0.1) is 11.7 Å². The number of carbonyl (C=O) groups excluding carboxylic acids is 1. The predicted octanol–water partition coefficient (Wildman–Crippen LogP) is 3.13. The van der Waals surface area contributed by atoms with Gasteiger partial charge < -0.3 is 4.74 Å². The van der Waals surface area contributed by atoms with E-state index in [0.717, 1.165) is 0 Å². The Morgan fingerprint density at radius 1 is 1.17 bits per heavy atom. The Balaban J connectivity index is 4.13. The van der Waals surface area contributed by atoms with Crippen molar-refractivity contribution in [2.45, 2.75) is 59.5 Å². The molecule has 0 aromatic heterocycles. The van der Waals surface area contributed by atoms with Gasteiger partial charge in [-0.3, -0.25) is 4.89 Å². The lowest BCUT2D eigenvalue weighted by Crippen LogP contribution is -2.27. The van der Waals surface area contributed by atoms with Gasteiger partial charge >= 0.3 is 6.16 Å². The van der Waals surface area contributed by atoms with E-state index in [2.05, 4.69) is 11.5 Å². The van der Waals surface area contributed by atoms with Crippen LogP contribution in [-0.2, 0) is 24.3 Å². The highest BCUT2D eigenvalue weighted by atomic mass is 17.3. The van der Waals surface area contributed by atoms with E-state index in [4.69, 9.17) is 19.4 Å². The first-order valence-corrected chi connectivity index (χ1v) is 5.65. The van der Waals surface area contributed by atoms with E-state index in [9.17, 15) is 4.79 Å². The molecule has 0 fully saturated rings. The lowest BCUT2D eigenvalue weighted by Gasteiger charge is -2.22. The van der Waals surface area contributed by atoms with Crippen LogP contribution in [0.5, 0.6) is 0 Å². The van der Waals surface area contributed by atoms with E-state index in [1.165, 1.54) is 0 Å². The van der Waals surface area contributed by atoms with Gasteiger partial charge in [-0.1, -0.05) is 6.58 Å². The Bertz CT molecular complexity index is 279. The molecule has 0 saturated heterocycles. The summed E-state index contributed by atoms with van der Waals surface area (Å²) < 4.78 is 4.71. The Labute approximate surface area is 108 Å². The van der Waals surface area contributed by atoms with Crippen molar-refractivity contribution in [1.82, 2.24) is 0 Å². The van der Waals surface area contributed by atoms with Crippen molar-refractivity contribution < 1.29 is 29.1 Å². The van der Waals surface area contributed by atoms with Gasteiger partial charge in [-0.25, -0.2) is 9.68 Å². The Morgan fingerprint density at radius 2 is 1.72 bits per heavy atom. The summed E-state index contributed by atoms with van der Waals surface area (Å²) in [5.74, 6) is 0. The van der Waals surface area contributed by atoms with E-state index in [-0.39, 0.29) is 6.10 Å². The minimum absolute atomic E-state index is 0.295. The van der Waals surface area contributed by atoms with E-state index in [0.29, 0.717) is 5.57 Å². The normalized spacial score (nSPS) is 13.3. The van der Waals surface area contributed by atoms with Gasteiger partial charge in [-0.05, 0) is 47.1 Å². The summed E-state index contributed by atoms with van der Waals surface area (Å²) in [7, 11) is 0. The molecule has 0 aliphatic rings. The molecule has 1 unspecified atom stereocenters. The van der Waals surface area contributed by atoms with Gasteiger partial charge in [-0.2, -0.15) is 4.89 Å². The smallest absolute Gasteiger partial charge is 0.430 e. The minimum Gasteiger partial charge on any atom is -0.430 e. The van der Waals surface area contributed by atoms with E-state index in [1.807, 2.05) is 0 Å². The minimum atomic E-state index is -1.01. The van der Waals surface area contributed by atoms with Crippen LogP contribution in [0.1, 0.15) is 41.5 Å². The highest BCUT2D eigenvalue weighted by Gasteiger charge is 2.21. The molecule has 0 spiro atoms. The summed E-state index contributed by atoms with van der Waals surface area (Å²) >= 11 is 0. The molecular weight excluding hydrogens is 240 g/mol. The predicted molar refractivity (Wildman–Crippen MR) is 64.3 cm³/mol. The molecular formula is C12H22O6. The molecule has 6 heteroatoms. The molecule has 0 rings (SSSR count). The third-order valence-electron chi connectivity index (χ3n) is 1.32. The Kier molecular flexibility index (Phi) is 6.90. The van der Waals surface area contributed by atoms with Gasteiger partial charge in [0.1, 0.15) is 0 Å². The molecule has 18 heavy (non-hydrogen) atoms. The SMILES string of the molecule is C=C(C)C(OOC(=O)OC(C)C)OOC(C)(C)C. The zero-order valence-corrected chi connectivity index (χ0v) is 11.8. The number of hydrogen-bond acceptors (Lipinski definition) is 6. The summed E-state index contributed by atoms with van der Waals surface area (Å²) in [5.41, 5.74) is -0.0354. The van der Waals surface area contributed by atoms with Gasteiger partial charge in [0, 0.05) is 0 Å². The van der Waals surface area contributed by atoms with Crippen LogP contribution in [0.4, 0.5) is 4.79 Å². The first-order chi connectivity index (χ1) is 8.11. The topological polar surface area (TPSA) is 63.2 Å². The summed E-state index contributed by atoms with van der Waals surface area (Å²) in [6, 6.07) is 0. The monoisotopic (exact) mass is 262 g/mol. The lowest BCUT2D eigenvalue weighted by atomic mass is 10.2. The zero-order chi connectivity index (χ0) is 14.3. The molecule has 0 saturated carbocycles. The average Bonchev–Trinajstić information content (AvgIpc) is 2.13. The maximum absolute atomic E-state index is 11.1. The van der Waals surface area contributed by atoms with Crippen molar-refractivity contribution >= 4 is 6.16 Å². The van der Waals surface area contributed by atoms with Crippen molar-refractivity contribution in [3.05, 3.63) is 12.2 Å². The quantitative estimate of drug-likeness (QED) is 0.241. The van der Waals surface area contributed by atoms with Crippen LogP contribution in [0.25, 0.3) is 0 Å². The highest BCUT2D eigenvalue weighted by molar-refractivity contribution is 5.59. The molecule has 0 radical (unpaired) electrons.